The van der Waals surface area contributed by atoms with Gasteiger partial charge in [0.1, 0.15) is 0 Å². The third kappa shape index (κ3) is 451. The average molecular weight is 328 g/mol. The normalized spacial score (nSPS) is 5.33. The molecule has 0 aromatic rings. The van der Waals surface area contributed by atoms with Crippen LogP contribution in [-0.2, 0) is 0 Å². The van der Waals surface area contributed by atoms with Crippen LogP contribution < -0.4 is 0 Å². The number of nitrogens with zero attached hydrogens (tertiary/aromatic N) is 2. The fourth-order valence-corrected chi connectivity index (χ4v) is 0. The average Bonchev–Trinajstić information content (AvgIpc) is 1.25. The minimum absolute atomic E-state index is 0. The molecule has 0 unspecified atom stereocenters. The van der Waals surface area contributed by atoms with Gasteiger partial charge in [-0.2, -0.15) is 0 Å². The molecule has 51 valence electrons. The summed E-state index contributed by atoms with van der Waals surface area (Å²) in [7, 11) is 0. The van der Waals surface area contributed by atoms with Crippen molar-refractivity contribution in [1.29, 1.82) is 0 Å². The van der Waals surface area contributed by atoms with Gasteiger partial charge in [0.15, 0.2) is 0 Å². The van der Waals surface area contributed by atoms with Crippen molar-refractivity contribution in [2.75, 3.05) is 0 Å². The molecule has 9 heavy (non-hydrogen) atoms. The Morgan fingerprint density at radius 3 is 0.778 bits per heavy atom. The van der Waals surface area contributed by atoms with E-state index < -0.39 is 10.2 Å². The Morgan fingerprint density at radius 2 is 0.778 bits per heavy atom. The summed E-state index contributed by atoms with van der Waals surface area (Å²) in [5.41, 5.74) is 0. The molecule has 0 aromatic heterocycles. The zero-order chi connectivity index (χ0) is 7.15. The van der Waals surface area contributed by atoms with E-state index in [0.717, 1.165) is 0 Å². The topological polar surface area (TPSA) is 132 Å². The molecule has 0 aliphatic rings. The van der Waals surface area contributed by atoms with Crippen LogP contribution in [0.15, 0.2) is 0 Å². The molecule has 0 aromatic carbocycles. The maximum absolute atomic E-state index is 8.25. The first-order valence-electron chi connectivity index (χ1n) is 1.10. The minimum atomic E-state index is -1.75. The maximum atomic E-state index is 8.25. The standard InChI is InChI=1S/2NO3.Tl/c2*2-1(3)4;/q2*-1;. The van der Waals surface area contributed by atoms with Gasteiger partial charge in [0, 0.05) is 27.3 Å². The predicted octanol–water partition coefficient (Wildman–Crippen LogP) is -0.859. The molecule has 8 nitrogen and oxygen atoms in total. The third-order valence-electron chi connectivity index (χ3n) is 0. The van der Waals surface area contributed by atoms with Gasteiger partial charge in [-0.15, -0.1) is 0 Å². The number of hydrogen-bond acceptors (Lipinski definition) is 6. The van der Waals surface area contributed by atoms with E-state index in [1.165, 1.54) is 0 Å². The summed E-state index contributed by atoms with van der Waals surface area (Å²) in [4.78, 5) is 16.5. The summed E-state index contributed by atoms with van der Waals surface area (Å²) in [5.74, 6) is 0. The second-order valence-corrected chi connectivity index (χ2v) is 0.447. The summed E-state index contributed by atoms with van der Waals surface area (Å²) in [6.07, 6.45) is 0. The summed E-state index contributed by atoms with van der Waals surface area (Å²) >= 11 is 0. The van der Waals surface area contributed by atoms with Crippen molar-refractivity contribution in [3.63, 3.8) is 0 Å². The van der Waals surface area contributed by atoms with E-state index in [4.69, 9.17) is 30.6 Å². The number of hydrogen-bond donors (Lipinski definition) is 0. The monoisotopic (exact) mass is 329 g/mol. The third-order valence-corrected chi connectivity index (χ3v) is 0. The summed E-state index contributed by atoms with van der Waals surface area (Å²) in [6, 6.07) is 0. The van der Waals surface area contributed by atoms with Crippen molar-refractivity contribution in [3.8, 4) is 0 Å². The first-order valence-corrected chi connectivity index (χ1v) is 1.10. The van der Waals surface area contributed by atoms with E-state index in [0.29, 0.717) is 0 Å². The van der Waals surface area contributed by atoms with Crippen molar-refractivity contribution in [2.24, 2.45) is 0 Å². The van der Waals surface area contributed by atoms with Gasteiger partial charge < -0.3 is 30.6 Å². The zero-order valence-corrected chi connectivity index (χ0v) is 8.41. The van der Waals surface area contributed by atoms with Crippen LogP contribution in [0.25, 0.3) is 0 Å². The van der Waals surface area contributed by atoms with Gasteiger partial charge in [0.25, 0.3) is 0 Å². The van der Waals surface area contributed by atoms with E-state index in [1.54, 1.807) is 0 Å². The van der Waals surface area contributed by atoms with Crippen LogP contribution in [0.3, 0.4) is 0 Å². The van der Waals surface area contributed by atoms with Crippen LogP contribution in [0.4, 0.5) is 0 Å². The second-order valence-electron chi connectivity index (χ2n) is 0.447. The van der Waals surface area contributed by atoms with Crippen LogP contribution >= 0.6 is 0 Å². The molecule has 0 aliphatic heterocycles. The fraction of sp³-hybridized carbons (Fsp3) is 0. The van der Waals surface area contributed by atoms with Gasteiger partial charge in [0.2, 0.25) is 0 Å². The van der Waals surface area contributed by atoms with Gasteiger partial charge in [-0.25, -0.2) is 0 Å². The molecule has 0 bridgehead atoms. The molecular formula is N2O6Tl-2. The Morgan fingerprint density at radius 1 is 0.778 bits per heavy atom. The first kappa shape index (κ1) is 15.8. The van der Waals surface area contributed by atoms with E-state index >= 15 is 0 Å². The van der Waals surface area contributed by atoms with Crippen LogP contribution in [-0.4, -0.2) is 37.5 Å². The molecule has 1 radical (unpaired) electrons. The van der Waals surface area contributed by atoms with Crippen molar-refractivity contribution in [2.45, 2.75) is 0 Å². The molecule has 0 saturated heterocycles. The van der Waals surface area contributed by atoms with Crippen molar-refractivity contribution in [1.82, 2.24) is 0 Å². The summed E-state index contributed by atoms with van der Waals surface area (Å²) in [5, 5.41) is 29.5. The Balaban J connectivity index is -0.0000000720. The van der Waals surface area contributed by atoms with Gasteiger partial charge >= 0.3 is 0 Å². The molecular weight excluding hydrogens is 328 g/mol. The summed E-state index contributed by atoms with van der Waals surface area (Å²) < 4.78 is 0. The first-order chi connectivity index (χ1) is 3.46. The van der Waals surface area contributed by atoms with Crippen molar-refractivity contribution < 1.29 is 10.2 Å². The SMILES string of the molecule is O=[N+]([O-])[O-].O=[N+]([O-])[O-].[Tl]. The van der Waals surface area contributed by atoms with Crippen LogP contribution in [0.5, 0.6) is 0 Å². The molecule has 9 heteroatoms. The fourth-order valence-electron chi connectivity index (χ4n) is 0. The maximum Gasteiger partial charge on any atom is 0.0689 e. The molecule has 0 fully saturated rings. The smallest absolute Gasteiger partial charge is 0.0689 e. The molecule has 0 rings (SSSR count). The van der Waals surface area contributed by atoms with Crippen LogP contribution in [0, 0.1) is 30.6 Å². The Kier molecular flexibility index (Phi) is 18.1. The van der Waals surface area contributed by atoms with Gasteiger partial charge in [-0.05, 0) is 0 Å². The molecule has 0 saturated carbocycles. The van der Waals surface area contributed by atoms with E-state index in [9.17, 15) is 0 Å². The number of rotatable bonds is 0. The van der Waals surface area contributed by atoms with Crippen molar-refractivity contribution in [3.05, 3.63) is 30.6 Å². The minimum Gasteiger partial charge on any atom is -0.356 e. The van der Waals surface area contributed by atoms with Gasteiger partial charge in [-0.1, -0.05) is 0 Å². The molecule has 0 spiro atoms. The van der Waals surface area contributed by atoms with Crippen LogP contribution in [0.2, 0.25) is 0 Å². The van der Waals surface area contributed by atoms with Crippen molar-refractivity contribution >= 4 is 27.3 Å². The second kappa shape index (κ2) is 10.3. The Labute approximate surface area is 68.5 Å². The largest absolute Gasteiger partial charge is 0.356 e. The summed E-state index contributed by atoms with van der Waals surface area (Å²) in [6.45, 7) is 0. The molecule has 0 aliphatic carbocycles. The Hall–Kier alpha value is -0.678. The van der Waals surface area contributed by atoms with Crippen LogP contribution in [0.1, 0.15) is 0 Å². The van der Waals surface area contributed by atoms with Gasteiger partial charge in [-0.3, -0.25) is 0 Å². The van der Waals surface area contributed by atoms with Gasteiger partial charge in [0.05, 0.1) is 10.2 Å². The zero-order valence-electron chi connectivity index (χ0n) is 3.92. The Bertz CT molecular complexity index is 69.1. The predicted molar refractivity (Wildman–Crippen MR) is 26.5 cm³/mol. The van der Waals surface area contributed by atoms with E-state index in [2.05, 4.69) is 0 Å². The quantitative estimate of drug-likeness (QED) is 0.323. The molecule has 0 heterocycles. The molecule has 0 amide bonds. The van der Waals surface area contributed by atoms with E-state index in [-0.39, 0.29) is 27.3 Å². The molecule has 0 N–H and O–H groups in total. The van der Waals surface area contributed by atoms with E-state index in [1.807, 2.05) is 0 Å². The molecule has 0 atom stereocenters.